The lowest BCUT2D eigenvalue weighted by Gasteiger charge is -2.20. The Morgan fingerprint density at radius 1 is 1.32 bits per heavy atom. The molecule has 2 unspecified atom stereocenters. The van der Waals surface area contributed by atoms with E-state index in [1.54, 1.807) is 0 Å². The van der Waals surface area contributed by atoms with Crippen LogP contribution in [0.3, 0.4) is 0 Å². The minimum absolute atomic E-state index is 0.377. The molecule has 2 heterocycles. The number of carboxylic acids is 1. The largest absolute Gasteiger partial charge is 0.478 e. The lowest BCUT2D eigenvalue weighted by atomic mass is 10.0. The quantitative estimate of drug-likeness (QED) is 0.887. The maximum atomic E-state index is 11.5. The normalized spacial score (nSPS) is 25.7. The molecule has 0 aromatic carbocycles. The van der Waals surface area contributed by atoms with E-state index in [1.165, 1.54) is 0 Å². The third-order valence-corrected chi connectivity index (χ3v) is 4.55. The van der Waals surface area contributed by atoms with E-state index in [2.05, 4.69) is 23.7 Å². The lowest BCUT2D eigenvalue weighted by molar-refractivity contribution is 0.0697. The van der Waals surface area contributed by atoms with E-state index in [1.807, 2.05) is 6.07 Å². The minimum Gasteiger partial charge on any atom is -0.478 e. The Bertz CT molecular complexity index is 517. The lowest BCUT2D eigenvalue weighted by Crippen LogP contribution is -2.24. The zero-order valence-corrected chi connectivity index (χ0v) is 11.5. The van der Waals surface area contributed by atoms with Gasteiger partial charge in [-0.05, 0) is 42.7 Å². The third kappa shape index (κ3) is 2.09. The van der Waals surface area contributed by atoms with E-state index < -0.39 is 5.97 Å². The number of hydrogen-bond acceptors (Lipinski definition) is 3. The molecular weight excluding hydrogens is 240 g/mol. The summed E-state index contributed by atoms with van der Waals surface area (Å²) in [5.74, 6) is 1.02. The molecule has 0 amide bonds. The van der Waals surface area contributed by atoms with Gasteiger partial charge in [0.15, 0.2) is 0 Å². The van der Waals surface area contributed by atoms with Gasteiger partial charge in [-0.3, -0.25) is 0 Å². The third-order valence-electron chi connectivity index (χ3n) is 4.55. The van der Waals surface area contributed by atoms with Crippen molar-refractivity contribution >= 4 is 11.8 Å². The predicted octanol–water partition coefficient (Wildman–Crippen LogP) is 2.36. The smallest absolute Gasteiger partial charge is 0.339 e. The van der Waals surface area contributed by atoms with Crippen molar-refractivity contribution in [3.8, 4) is 0 Å². The first-order valence-corrected chi connectivity index (χ1v) is 7.07. The number of fused-ring (bicyclic) bond motifs is 1. The predicted molar refractivity (Wildman–Crippen MR) is 73.8 cm³/mol. The number of anilines is 1. The molecule has 1 fully saturated rings. The molecule has 0 spiro atoms. The molecule has 0 saturated carbocycles. The second-order valence-electron chi connectivity index (χ2n) is 5.98. The van der Waals surface area contributed by atoms with E-state index in [-0.39, 0.29) is 0 Å². The SMILES string of the molecule is CC1CN(c2nc3c(cc2C(=O)O)CCC3)CC1C. The average Bonchev–Trinajstić information content (AvgIpc) is 2.94. The van der Waals surface area contributed by atoms with E-state index in [9.17, 15) is 9.90 Å². The molecule has 1 aromatic heterocycles. The molecule has 1 N–H and O–H groups in total. The van der Waals surface area contributed by atoms with Crippen LogP contribution in [0.15, 0.2) is 6.07 Å². The van der Waals surface area contributed by atoms with Crippen LogP contribution in [0, 0.1) is 11.8 Å². The van der Waals surface area contributed by atoms with Crippen molar-refractivity contribution in [1.82, 2.24) is 4.98 Å². The zero-order chi connectivity index (χ0) is 13.6. The monoisotopic (exact) mass is 260 g/mol. The molecule has 4 nitrogen and oxygen atoms in total. The summed E-state index contributed by atoms with van der Waals surface area (Å²) in [6.45, 7) is 6.26. The van der Waals surface area contributed by atoms with Crippen LogP contribution in [0.4, 0.5) is 5.82 Å². The van der Waals surface area contributed by atoms with Crippen LogP contribution in [-0.2, 0) is 12.8 Å². The first-order chi connectivity index (χ1) is 9.06. The van der Waals surface area contributed by atoms with Crippen molar-refractivity contribution in [2.75, 3.05) is 18.0 Å². The zero-order valence-electron chi connectivity index (χ0n) is 11.5. The fourth-order valence-corrected chi connectivity index (χ4v) is 3.16. The molecule has 3 rings (SSSR count). The summed E-state index contributed by atoms with van der Waals surface area (Å²) in [5, 5.41) is 9.42. The summed E-state index contributed by atoms with van der Waals surface area (Å²) in [7, 11) is 0. The Kier molecular flexibility index (Phi) is 2.96. The first-order valence-electron chi connectivity index (χ1n) is 7.07. The van der Waals surface area contributed by atoms with Gasteiger partial charge in [-0.1, -0.05) is 13.8 Å². The number of carbonyl (C=O) groups is 1. The van der Waals surface area contributed by atoms with Crippen LogP contribution in [0.1, 0.15) is 41.9 Å². The topological polar surface area (TPSA) is 53.4 Å². The Labute approximate surface area is 113 Å². The van der Waals surface area contributed by atoms with Gasteiger partial charge in [-0.25, -0.2) is 9.78 Å². The number of aromatic carboxylic acids is 1. The van der Waals surface area contributed by atoms with E-state index >= 15 is 0 Å². The van der Waals surface area contributed by atoms with Crippen LogP contribution in [0.2, 0.25) is 0 Å². The summed E-state index contributed by atoms with van der Waals surface area (Å²) < 4.78 is 0. The molecule has 1 saturated heterocycles. The summed E-state index contributed by atoms with van der Waals surface area (Å²) in [5.41, 5.74) is 2.61. The van der Waals surface area contributed by atoms with Gasteiger partial charge >= 0.3 is 5.97 Å². The molecule has 4 heteroatoms. The molecule has 0 radical (unpaired) electrons. The number of aryl methyl sites for hydroxylation is 2. The molecule has 1 aromatic rings. The molecule has 1 aliphatic carbocycles. The Balaban J connectivity index is 2.02. The average molecular weight is 260 g/mol. The fourth-order valence-electron chi connectivity index (χ4n) is 3.16. The number of hydrogen-bond donors (Lipinski definition) is 1. The fraction of sp³-hybridized carbons (Fsp3) is 0.600. The highest BCUT2D eigenvalue weighted by Crippen LogP contribution is 2.32. The summed E-state index contributed by atoms with van der Waals surface area (Å²) >= 11 is 0. The summed E-state index contributed by atoms with van der Waals surface area (Å²) in [4.78, 5) is 18.3. The number of carboxylic acid groups (broad SMARTS) is 1. The maximum absolute atomic E-state index is 11.5. The Morgan fingerprint density at radius 3 is 2.63 bits per heavy atom. The molecule has 1 aliphatic heterocycles. The first kappa shape index (κ1) is 12.5. The van der Waals surface area contributed by atoms with E-state index in [0.29, 0.717) is 23.2 Å². The number of rotatable bonds is 2. The Hall–Kier alpha value is -1.58. The molecule has 2 atom stereocenters. The van der Waals surface area contributed by atoms with Crippen molar-refractivity contribution < 1.29 is 9.90 Å². The molecule has 102 valence electrons. The van der Waals surface area contributed by atoms with Crippen molar-refractivity contribution in [3.63, 3.8) is 0 Å². The van der Waals surface area contributed by atoms with Gasteiger partial charge in [0, 0.05) is 18.8 Å². The van der Waals surface area contributed by atoms with Gasteiger partial charge in [0.2, 0.25) is 0 Å². The van der Waals surface area contributed by atoms with Crippen LogP contribution in [-0.4, -0.2) is 29.1 Å². The van der Waals surface area contributed by atoms with Crippen molar-refractivity contribution in [3.05, 3.63) is 22.9 Å². The number of nitrogens with zero attached hydrogens (tertiary/aromatic N) is 2. The van der Waals surface area contributed by atoms with Gasteiger partial charge in [0.05, 0.1) is 0 Å². The van der Waals surface area contributed by atoms with Gasteiger partial charge in [0.25, 0.3) is 0 Å². The summed E-state index contributed by atoms with van der Waals surface area (Å²) in [6, 6.07) is 1.85. The van der Waals surface area contributed by atoms with Gasteiger partial charge in [-0.2, -0.15) is 0 Å². The summed E-state index contributed by atoms with van der Waals surface area (Å²) in [6.07, 6.45) is 3.05. The van der Waals surface area contributed by atoms with Crippen LogP contribution < -0.4 is 4.90 Å². The molecular formula is C15H20N2O2. The highest BCUT2D eigenvalue weighted by Gasteiger charge is 2.31. The second-order valence-corrected chi connectivity index (χ2v) is 5.98. The molecule has 19 heavy (non-hydrogen) atoms. The second kappa shape index (κ2) is 4.51. The minimum atomic E-state index is -0.857. The highest BCUT2D eigenvalue weighted by atomic mass is 16.4. The highest BCUT2D eigenvalue weighted by molar-refractivity contribution is 5.93. The Morgan fingerprint density at radius 2 is 2.00 bits per heavy atom. The van der Waals surface area contributed by atoms with Crippen LogP contribution in [0.5, 0.6) is 0 Å². The van der Waals surface area contributed by atoms with Crippen molar-refractivity contribution in [1.29, 1.82) is 0 Å². The van der Waals surface area contributed by atoms with Crippen molar-refractivity contribution in [2.45, 2.75) is 33.1 Å². The standard InChI is InChI=1S/C15H20N2O2/c1-9-7-17(8-10(9)2)14-12(15(18)19)6-11-4-3-5-13(11)16-14/h6,9-10H,3-5,7-8H2,1-2H3,(H,18,19). The number of aromatic nitrogens is 1. The van der Waals surface area contributed by atoms with Crippen LogP contribution in [0.25, 0.3) is 0 Å². The van der Waals surface area contributed by atoms with Crippen LogP contribution >= 0.6 is 0 Å². The van der Waals surface area contributed by atoms with E-state index in [0.717, 1.165) is 43.6 Å². The van der Waals surface area contributed by atoms with Gasteiger partial charge in [-0.15, -0.1) is 0 Å². The molecule has 2 aliphatic rings. The molecule has 0 bridgehead atoms. The van der Waals surface area contributed by atoms with Gasteiger partial charge < -0.3 is 10.0 Å². The maximum Gasteiger partial charge on any atom is 0.339 e. The van der Waals surface area contributed by atoms with Crippen molar-refractivity contribution in [2.24, 2.45) is 11.8 Å². The number of pyridine rings is 1. The van der Waals surface area contributed by atoms with E-state index in [4.69, 9.17) is 0 Å². The van der Waals surface area contributed by atoms with Gasteiger partial charge in [0.1, 0.15) is 11.4 Å².